The van der Waals surface area contributed by atoms with Crippen molar-refractivity contribution in [2.24, 2.45) is 5.92 Å². The molecule has 2 aromatic carbocycles. The van der Waals surface area contributed by atoms with Gasteiger partial charge in [0.1, 0.15) is 47.6 Å². The molecule has 10 nitrogen and oxygen atoms in total. The first-order valence-corrected chi connectivity index (χ1v) is 14.7. The van der Waals surface area contributed by atoms with E-state index >= 15 is 13.2 Å². The van der Waals surface area contributed by atoms with Crippen LogP contribution in [0.3, 0.4) is 0 Å². The fraction of sp³-hybridized carbons (Fsp3) is 0.300. The third-order valence-corrected chi connectivity index (χ3v) is 9.16. The van der Waals surface area contributed by atoms with Gasteiger partial charge in [-0.05, 0) is 61.2 Å². The second-order valence-electron chi connectivity index (χ2n) is 11.0. The van der Waals surface area contributed by atoms with Crippen LogP contribution in [0, 0.1) is 11.7 Å². The Hall–Kier alpha value is -4.63. The minimum atomic E-state index is -4.89. The maximum Gasteiger partial charge on any atom is 0.419 e. The molecule has 2 N–H and O–H groups in total. The molecule has 1 aliphatic carbocycles. The lowest BCUT2D eigenvalue weighted by atomic mass is 9.85. The Bertz CT molecular complexity index is 1910. The van der Waals surface area contributed by atoms with Crippen molar-refractivity contribution in [2.75, 3.05) is 20.3 Å². The lowest BCUT2D eigenvalue weighted by Gasteiger charge is -2.33. The van der Waals surface area contributed by atoms with Crippen LogP contribution in [0.1, 0.15) is 34.5 Å². The Morgan fingerprint density at radius 1 is 1.18 bits per heavy atom. The van der Waals surface area contributed by atoms with Crippen molar-refractivity contribution >= 4 is 27.5 Å². The summed E-state index contributed by atoms with van der Waals surface area (Å²) in [5.41, 5.74) is -2.24. The molecule has 1 saturated carbocycles. The minimum Gasteiger partial charge on any atom is -0.494 e. The summed E-state index contributed by atoms with van der Waals surface area (Å²) in [7, 11) is 1.46. The predicted octanol–water partition coefficient (Wildman–Crippen LogP) is 4.82. The van der Waals surface area contributed by atoms with Gasteiger partial charge in [-0.3, -0.25) is 9.36 Å². The highest BCUT2D eigenvalue weighted by molar-refractivity contribution is 7.16. The normalized spacial score (nSPS) is 19.2. The molecule has 3 aromatic heterocycles. The molecule has 15 heteroatoms. The molecule has 1 aliphatic heterocycles. The molecule has 7 rings (SSSR count). The van der Waals surface area contributed by atoms with Crippen LogP contribution in [0.4, 0.5) is 17.6 Å². The first-order valence-electron chi connectivity index (χ1n) is 13.8. The Kier molecular flexibility index (Phi) is 6.78. The van der Waals surface area contributed by atoms with Crippen molar-refractivity contribution in [3.8, 4) is 22.8 Å². The summed E-state index contributed by atoms with van der Waals surface area (Å²) in [5.74, 6) is -1.24. The number of fused-ring (bicyclic) bond motifs is 2. The second kappa shape index (κ2) is 10.5. The fourth-order valence-corrected chi connectivity index (χ4v) is 6.53. The first-order chi connectivity index (χ1) is 21.5. The highest BCUT2D eigenvalue weighted by Gasteiger charge is 2.63. The van der Waals surface area contributed by atoms with E-state index in [4.69, 9.17) is 9.47 Å². The van der Waals surface area contributed by atoms with Crippen molar-refractivity contribution in [1.29, 1.82) is 0 Å². The van der Waals surface area contributed by atoms with E-state index in [1.165, 1.54) is 42.7 Å². The van der Waals surface area contributed by atoms with E-state index in [-0.39, 0.29) is 40.4 Å². The van der Waals surface area contributed by atoms with Gasteiger partial charge < -0.3 is 19.9 Å². The van der Waals surface area contributed by atoms with Crippen LogP contribution < -0.4 is 14.8 Å². The molecule has 0 radical (unpaired) electrons. The summed E-state index contributed by atoms with van der Waals surface area (Å²) >= 11 is 1.33. The van der Waals surface area contributed by atoms with Gasteiger partial charge in [0.15, 0.2) is 5.75 Å². The molecule has 4 heterocycles. The van der Waals surface area contributed by atoms with Gasteiger partial charge in [-0.1, -0.05) is 0 Å². The lowest BCUT2D eigenvalue weighted by Crippen LogP contribution is -2.50. The number of ether oxygens (including phenoxy) is 2. The predicted molar refractivity (Wildman–Crippen MR) is 153 cm³/mol. The largest absolute Gasteiger partial charge is 0.494 e. The van der Waals surface area contributed by atoms with Gasteiger partial charge in [0.25, 0.3) is 5.91 Å². The van der Waals surface area contributed by atoms with E-state index in [2.05, 4.69) is 25.5 Å². The Morgan fingerprint density at radius 2 is 1.91 bits per heavy atom. The summed E-state index contributed by atoms with van der Waals surface area (Å²) in [6.45, 7) is -1.19. The SMILES string of the molecule is COc1cc(C(=O)NCC(O)(c2cc3c(c(-c4ccc(F)cc4)n2)OC[C@@]3(n2cnnc2)C(F)(F)F)C2CC2)cc2scnc12. The van der Waals surface area contributed by atoms with Crippen molar-refractivity contribution in [2.45, 2.75) is 30.2 Å². The highest BCUT2D eigenvalue weighted by Crippen LogP contribution is 2.54. The van der Waals surface area contributed by atoms with E-state index < -0.39 is 41.6 Å². The molecule has 1 unspecified atom stereocenters. The molecule has 2 atom stereocenters. The van der Waals surface area contributed by atoms with E-state index in [0.29, 0.717) is 24.1 Å². The molecule has 0 spiro atoms. The van der Waals surface area contributed by atoms with Crippen LogP contribution in [0.5, 0.6) is 11.5 Å². The van der Waals surface area contributed by atoms with E-state index in [0.717, 1.165) is 34.1 Å². The summed E-state index contributed by atoms with van der Waals surface area (Å²) < 4.78 is 71.7. The van der Waals surface area contributed by atoms with Gasteiger partial charge in [-0.15, -0.1) is 21.5 Å². The number of benzene rings is 2. The van der Waals surface area contributed by atoms with Gasteiger partial charge in [-0.2, -0.15) is 13.2 Å². The monoisotopic (exact) mass is 640 g/mol. The van der Waals surface area contributed by atoms with E-state index in [1.807, 2.05) is 0 Å². The van der Waals surface area contributed by atoms with E-state index in [1.54, 1.807) is 11.6 Å². The van der Waals surface area contributed by atoms with Crippen molar-refractivity contribution < 1.29 is 36.9 Å². The number of aliphatic hydroxyl groups is 1. The minimum absolute atomic E-state index is 0.00696. The fourth-order valence-electron chi connectivity index (χ4n) is 5.80. The topological polar surface area (TPSA) is 124 Å². The van der Waals surface area contributed by atoms with Crippen LogP contribution in [0.25, 0.3) is 21.5 Å². The lowest BCUT2D eigenvalue weighted by molar-refractivity contribution is -0.202. The molecule has 1 amide bonds. The summed E-state index contributed by atoms with van der Waals surface area (Å²) in [4.78, 5) is 22.2. The number of hydrogen-bond donors (Lipinski definition) is 2. The quantitative estimate of drug-likeness (QED) is 0.232. The van der Waals surface area contributed by atoms with E-state index in [9.17, 15) is 14.3 Å². The number of methoxy groups -OCH3 is 1. The van der Waals surface area contributed by atoms with Crippen LogP contribution >= 0.6 is 11.3 Å². The Labute approximate surface area is 256 Å². The van der Waals surface area contributed by atoms with Gasteiger partial charge in [0.2, 0.25) is 5.54 Å². The smallest absolute Gasteiger partial charge is 0.419 e. The Morgan fingerprint density at radius 3 is 2.58 bits per heavy atom. The number of nitrogens with zero attached hydrogens (tertiary/aromatic N) is 5. The standard InChI is InChI=1S/C30H24F4N6O4S/c1-43-21-8-17(9-22-25(21)36-15-45-22)27(41)35-11-28(42,18-4-5-18)23-10-20-26(24(39-23)16-2-6-19(31)7-3-16)44-12-29(20,30(32,33)34)40-13-37-38-14-40/h2-3,6-10,13-15,18,42H,4-5,11-12H2,1H3,(H,35,41)/t28?,29-/m0/s1. The third kappa shape index (κ3) is 4.68. The maximum atomic E-state index is 15.1. The number of amides is 1. The molecule has 45 heavy (non-hydrogen) atoms. The molecular weight excluding hydrogens is 616 g/mol. The molecule has 232 valence electrons. The number of hydrogen-bond acceptors (Lipinski definition) is 9. The van der Waals surface area contributed by atoms with Gasteiger partial charge in [0.05, 0.1) is 29.6 Å². The molecule has 2 aliphatic rings. The zero-order chi connectivity index (χ0) is 31.6. The first kappa shape index (κ1) is 29.1. The average Bonchev–Trinajstić information content (AvgIpc) is 3.38. The molecule has 1 fully saturated rings. The Balaban J connectivity index is 1.34. The third-order valence-electron chi connectivity index (χ3n) is 8.39. The number of halogens is 4. The number of aromatic nitrogens is 5. The number of alkyl halides is 3. The zero-order valence-electron chi connectivity index (χ0n) is 23.5. The molecule has 0 bridgehead atoms. The summed E-state index contributed by atoms with van der Waals surface area (Å²) in [6, 6.07) is 9.42. The molecule has 5 aromatic rings. The van der Waals surface area contributed by atoms with Crippen LogP contribution in [-0.2, 0) is 11.1 Å². The number of rotatable bonds is 8. The second-order valence-corrected chi connectivity index (χ2v) is 11.9. The number of nitrogens with one attached hydrogen (secondary N) is 1. The van der Waals surface area contributed by atoms with Crippen molar-refractivity contribution in [1.82, 2.24) is 30.0 Å². The highest BCUT2D eigenvalue weighted by atomic mass is 32.1. The number of carbonyl (C=O) groups excluding carboxylic acids is 1. The molecule has 0 saturated heterocycles. The number of pyridine rings is 1. The van der Waals surface area contributed by atoms with Crippen LogP contribution in [0.2, 0.25) is 0 Å². The maximum absolute atomic E-state index is 15.1. The van der Waals surface area contributed by atoms with Crippen LogP contribution in [0.15, 0.2) is 60.6 Å². The van der Waals surface area contributed by atoms with Crippen molar-refractivity contribution in [3.05, 3.63) is 83.3 Å². The van der Waals surface area contributed by atoms with Gasteiger partial charge in [0, 0.05) is 16.7 Å². The summed E-state index contributed by atoms with van der Waals surface area (Å²) in [5, 5.41) is 22.1. The van der Waals surface area contributed by atoms with Crippen molar-refractivity contribution in [3.63, 3.8) is 0 Å². The van der Waals surface area contributed by atoms with Gasteiger partial charge >= 0.3 is 6.18 Å². The van der Waals surface area contributed by atoms with Gasteiger partial charge in [-0.25, -0.2) is 14.4 Å². The molecular formula is C30H24F4N6O4S. The average molecular weight is 641 g/mol. The number of carbonyl (C=O) groups is 1. The number of thiazole rings is 1. The summed E-state index contributed by atoms with van der Waals surface area (Å²) in [6.07, 6.45) is -1.87. The zero-order valence-corrected chi connectivity index (χ0v) is 24.3. The van der Waals surface area contributed by atoms with Crippen LogP contribution in [-0.4, -0.2) is 62.2 Å².